The van der Waals surface area contributed by atoms with Crippen molar-refractivity contribution in [3.8, 4) is 0 Å². The molecule has 2 rings (SSSR count). The molecule has 1 heterocycles. The maximum atomic E-state index is 9.45. The maximum Gasteiger partial charge on any atom is 0.491 e. The molecule has 0 spiro atoms. The van der Waals surface area contributed by atoms with Gasteiger partial charge >= 0.3 is 7.12 Å². The summed E-state index contributed by atoms with van der Waals surface area (Å²) in [4.78, 5) is 0. The van der Waals surface area contributed by atoms with Crippen molar-refractivity contribution in [1.29, 1.82) is 0 Å². The third kappa shape index (κ3) is 1.53. The fraction of sp³-hybridized carbons (Fsp3) is 0.250. The fourth-order valence-corrected chi connectivity index (χ4v) is 1.49. The van der Waals surface area contributed by atoms with E-state index in [4.69, 9.17) is 9.86 Å². The molecule has 1 aliphatic rings. The standard InChI is InChI=1S/C8H10BNO3/c11-9-8-5-7(10-12)2-1-6(8)3-4-13-9/h1-2,5,10-12H,3-4H2. The van der Waals surface area contributed by atoms with Gasteiger partial charge in [-0.1, -0.05) is 6.07 Å². The summed E-state index contributed by atoms with van der Waals surface area (Å²) in [6, 6.07) is 5.32. The number of hydrogen-bond donors (Lipinski definition) is 3. The van der Waals surface area contributed by atoms with Gasteiger partial charge in [-0.2, -0.15) is 0 Å². The summed E-state index contributed by atoms with van der Waals surface area (Å²) >= 11 is 0. The number of fused-ring (bicyclic) bond motifs is 1. The van der Waals surface area contributed by atoms with E-state index in [0.29, 0.717) is 12.3 Å². The molecule has 0 saturated heterocycles. The number of anilines is 1. The third-order valence-electron chi connectivity index (χ3n) is 2.19. The topological polar surface area (TPSA) is 61.7 Å². The highest BCUT2D eigenvalue weighted by Gasteiger charge is 2.24. The van der Waals surface area contributed by atoms with Crippen LogP contribution in [0.5, 0.6) is 0 Å². The minimum absolute atomic E-state index is 0.542. The molecule has 0 unspecified atom stereocenters. The van der Waals surface area contributed by atoms with Crippen molar-refractivity contribution in [1.82, 2.24) is 0 Å². The van der Waals surface area contributed by atoms with Crippen LogP contribution in [-0.2, 0) is 11.1 Å². The number of rotatable bonds is 1. The summed E-state index contributed by atoms with van der Waals surface area (Å²) in [6.07, 6.45) is 0.804. The summed E-state index contributed by atoms with van der Waals surface area (Å²) in [5, 5.41) is 18.1. The summed E-state index contributed by atoms with van der Waals surface area (Å²) in [6.45, 7) is 0.542. The average Bonchev–Trinajstić information content (AvgIpc) is 2.18. The second-order valence-corrected chi connectivity index (χ2v) is 3.00. The normalized spacial score (nSPS) is 15.4. The first-order valence-electron chi connectivity index (χ1n) is 4.14. The number of benzene rings is 1. The molecule has 13 heavy (non-hydrogen) atoms. The zero-order chi connectivity index (χ0) is 9.26. The van der Waals surface area contributed by atoms with E-state index in [0.717, 1.165) is 17.4 Å². The molecule has 1 aliphatic heterocycles. The maximum absolute atomic E-state index is 9.45. The van der Waals surface area contributed by atoms with Crippen LogP contribution in [0.1, 0.15) is 5.56 Å². The van der Waals surface area contributed by atoms with Gasteiger partial charge in [-0.3, -0.25) is 10.7 Å². The monoisotopic (exact) mass is 179 g/mol. The van der Waals surface area contributed by atoms with Gasteiger partial charge in [0.15, 0.2) is 0 Å². The Morgan fingerprint density at radius 1 is 1.46 bits per heavy atom. The number of nitrogens with one attached hydrogen (secondary N) is 1. The first-order valence-corrected chi connectivity index (χ1v) is 4.14. The molecule has 0 atom stereocenters. The van der Waals surface area contributed by atoms with E-state index in [1.54, 1.807) is 12.1 Å². The molecular formula is C8H10BNO3. The van der Waals surface area contributed by atoms with Gasteiger partial charge < -0.3 is 9.68 Å². The van der Waals surface area contributed by atoms with Gasteiger partial charge in [-0.15, -0.1) is 0 Å². The summed E-state index contributed by atoms with van der Waals surface area (Å²) in [5.41, 5.74) is 4.38. The Kier molecular flexibility index (Phi) is 2.22. The molecular weight excluding hydrogens is 169 g/mol. The molecule has 5 heteroatoms. The van der Waals surface area contributed by atoms with Crippen LogP contribution in [0, 0.1) is 0 Å². The molecule has 4 nitrogen and oxygen atoms in total. The van der Waals surface area contributed by atoms with Crippen molar-refractivity contribution in [2.24, 2.45) is 0 Å². The molecule has 0 aliphatic carbocycles. The van der Waals surface area contributed by atoms with E-state index in [1.165, 1.54) is 0 Å². The Hall–Kier alpha value is -1.04. The van der Waals surface area contributed by atoms with Crippen LogP contribution in [0.25, 0.3) is 0 Å². The van der Waals surface area contributed by atoms with Crippen LogP contribution in [0.4, 0.5) is 5.69 Å². The Morgan fingerprint density at radius 2 is 2.31 bits per heavy atom. The zero-order valence-corrected chi connectivity index (χ0v) is 7.03. The van der Waals surface area contributed by atoms with Gasteiger partial charge in [0.25, 0.3) is 0 Å². The van der Waals surface area contributed by atoms with E-state index < -0.39 is 7.12 Å². The minimum Gasteiger partial charge on any atom is -0.423 e. The molecule has 68 valence electrons. The Morgan fingerprint density at radius 3 is 3.08 bits per heavy atom. The van der Waals surface area contributed by atoms with Gasteiger partial charge in [0, 0.05) is 6.61 Å². The predicted octanol–water partition coefficient (Wildman–Crippen LogP) is -0.252. The van der Waals surface area contributed by atoms with Crippen LogP contribution >= 0.6 is 0 Å². The van der Waals surface area contributed by atoms with E-state index in [2.05, 4.69) is 0 Å². The molecule has 0 bridgehead atoms. The van der Waals surface area contributed by atoms with Crippen molar-refractivity contribution < 1.29 is 14.9 Å². The highest BCUT2D eigenvalue weighted by molar-refractivity contribution is 6.61. The first-order chi connectivity index (χ1) is 6.31. The van der Waals surface area contributed by atoms with Crippen LogP contribution in [0.15, 0.2) is 18.2 Å². The second-order valence-electron chi connectivity index (χ2n) is 3.00. The third-order valence-corrected chi connectivity index (χ3v) is 2.19. The van der Waals surface area contributed by atoms with Gasteiger partial charge in [0.2, 0.25) is 0 Å². The SMILES string of the molecule is ONc1ccc2c(c1)B(O)OCC2. The number of hydrogen-bond acceptors (Lipinski definition) is 4. The van der Waals surface area contributed by atoms with Crippen LogP contribution in [0.3, 0.4) is 0 Å². The van der Waals surface area contributed by atoms with Crippen LogP contribution in [-0.4, -0.2) is 24.0 Å². The van der Waals surface area contributed by atoms with Crippen molar-refractivity contribution in [3.63, 3.8) is 0 Å². The smallest absolute Gasteiger partial charge is 0.423 e. The first kappa shape index (κ1) is 8.56. The lowest BCUT2D eigenvalue weighted by molar-refractivity contribution is 0.266. The van der Waals surface area contributed by atoms with Crippen molar-refractivity contribution in [2.75, 3.05) is 12.1 Å². The molecule has 0 saturated carbocycles. The predicted molar refractivity (Wildman–Crippen MR) is 49.1 cm³/mol. The lowest BCUT2D eigenvalue weighted by atomic mass is 9.73. The highest BCUT2D eigenvalue weighted by atomic mass is 16.5. The van der Waals surface area contributed by atoms with Gasteiger partial charge in [-0.25, -0.2) is 0 Å². The van der Waals surface area contributed by atoms with Gasteiger partial charge in [0.05, 0.1) is 5.69 Å². The Labute approximate surface area is 76.3 Å². The van der Waals surface area contributed by atoms with E-state index >= 15 is 0 Å². The summed E-state index contributed by atoms with van der Waals surface area (Å²) in [7, 11) is -0.864. The summed E-state index contributed by atoms with van der Waals surface area (Å²) in [5.74, 6) is 0. The quantitative estimate of drug-likeness (QED) is 0.410. The fourth-order valence-electron chi connectivity index (χ4n) is 1.49. The van der Waals surface area contributed by atoms with Crippen LogP contribution < -0.4 is 10.9 Å². The molecule has 0 amide bonds. The van der Waals surface area contributed by atoms with E-state index in [9.17, 15) is 5.02 Å². The Balaban J connectivity index is 2.41. The molecule has 0 fully saturated rings. The van der Waals surface area contributed by atoms with E-state index in [1.807, 2.05) is 11.5 Å². The van der Waals surface area contributed by atoms with E-state index in [-0.39, 0.29) is 0 Å². The Bertz CT molecular complexity index is 318. The minimum atomic E-state index is -0.864. The molecule has 3 N–H and O–H groups in total. The van der Waals surface area contributed by atoms with Crippen molar-refractivity contribution in [2.45, 2.75) is 6.42 Å². The molecule has 1 aromatic carbocycles. The van der Waals surface area contributed by atoms with Crippen molar-refractivity contribution in [3.05, 3.63) is 23.8 Å². The van der Waals surface area contributed by atoms with Gasteiger partial charge in [0.1, 0.15) is 0 Å². The van der Waals surface area contributed by atoms with Crippen molar-refractivity contribution >= 4 is 18.3 Å². The molecule has 0 aromatic heterocycles. The van der Waals surface area contributed by atoms with Gasteiger partial charge in [-0.05, 0) is 29.6 Å². The summed E-state index contributed by atoms with van der Waals surface area (Å²) < 4.78 is 5.05. The van der Waals surface area contributed by atoms with Crippen LogP contribution in [0.2, 0.25) is 0 Å². The largest absolute Gasteiger partial charge is 0.491 e. The molecule has 1 aromatic rings. The molecule has 0 radical (unpaired) electrons. The second kappa shape index (κ2) is 3.37. The lowest BCUT2D eigenvalue weighted by Crippen LogP contribution is -2.41. The lowest BCUT2D eigenvalue weighted by Gasteiger charge is -2.19. The zero-order valence-electron chi connectivity index (χ0n) is 7.03. The highest BCUT2D eigenvalue weighted by Crippen LogP contribution is 2.11. The average molecular weight is 179 g/mol.